The molecule has 3 rings (SSSR count). The highest BCUT2D eigenvalue weighted by molar-refractivity contribution is 7.90. The molecule has 0 amide bonds. The third kappa shape index (κ3) is 3.17. The van der Waals surface area contributed by atoms with Crippen molar-refractivity contribution in [3.63, 3.8) is 0 Å². The van der Waals surface area contributed by atoms with E-state index in [4.69, 9.17) is 11.6 Å². The van der Waals surface area contributed by atoms with Crippen LogP contribution in [0.1, 0.15) is 0 Å². The van der Waals surface area contributed by atoms with Crippen LogP contribution < -0.4 is 10.5 Å². The number of benzene rings is 2. The molecule has 0 aliphatic rings. The van der Waals surface area contributed by atoms with Crippen LogP contribution in [0.3, 0.4) is 0 Å². The van der Waals surface area contributed by atoms with Gasteiger partial charge in [0.2, 0.25) is 0 Å². The van der Waals surface area contributed by atoms with Gasteiger partial charge in [-0.15, -0.1) is 0 Å². The summed E-state index contributed by atoms with van der Waals surface area (Å²) in [6.07, 6.45) is 1.15. The zero-order chi connectivity index (χ0) is 17.2. The van der Waals surface area contributed by atoms with Crippen LogP contribution in [0.5, 0.6) is 5.88 Å². The monoisotopic (exact) mass is 360 g/mol. The average molecular weight is 361 g/mol. The lowest BCUT2D eigenvalue weighted by Crippen LogP contribution is -2.18. The summed E-state index contributed by atoms with van der Waals surface area (Å²) < 4.78 is 29.2. The number of sulfonamides is 1. The zero-order valence-corrected chi connectivity index (χ0v) is 13.8. The predicted octanol–water partition coefficient (Wildman–Crippen LogP) is 1.89. The maximum atomic E-state index is 12.3. The molecule has 3 aromatic rings. The lowest BCUT2D eigenvalue weighted by molar-refractivity contribution is -0.278. The van der Waals surface area contributed by atoms with Gasteiger partial charge in [-0.3, -0.25) is 0 Å². The second-order valence-corrected chi connectivity index (χ2v) is 6.76. The lowest BCUT2D eigenvalue weighted by Gasteiger charge is -2.17. The van der Waals surface area contributed by atoms with Crippen LogP contribution in [0.2, 0.25) is 5.02 Å². The summed E-state index contributed by atoms with van der Waals surface area (Å²) in [4.78, 5) is 0.00769. The van der Waals surface area contributed by atoms with Crippen LogP contribution in [-0.2, 0) is 10.0 Å². The molecule has 2 aromatic carbocycles. The first-order valence-electron chi connectivity index (χ1n) is 6.85. The summed E-state index contributed by atoms with van der Waals surface area (Å²) in [5.74, 6) is -0.646. The van der Waals surface area contributed by atoms with Gasteiger partial charge in [0.25, 0.3) is 10.0 Å². The van der Waals surface area contributed by atoms with Gasteiger partial charge < -0.3 is 5.11 Å². The molecule has 1 heterocycles. The minimum atomic E-state index is -3.98. The number of rotatable bonds is 3. The predicted molar refractivity (Wildman–Crippen MR) is 87.2 cm³/mol. The van der Waals surface area contributed by atoms with Gasteiger partial charge in [0.15, 0.2) is 0 Å². The minimum absolute atomic E-state index is 0.00769. The molecule has 1 aromatic heterocycles. The van der Waals surface area contributed by atoms with Crippen molar-refractivity contribution in [1.29, 1.82) is 0 Å². The first-order chi connectivity index (χ1) is 11.5. The van der Waals surface area contributed by atoms with Crippen LogP contribution >= 0.6 is 11.6 Å². The quantitative estimate of drug-likeness (QED) is 0.713. The number of halogens is 1. The normalized spacial score (nSPS) is 12.3. The first kappa shape index (κ1) is 16.2. The zero-order valence-electron chi connectivity index (χ0n) is 12.2. The standard InChI is InChI=1S/C16H12ClN3O3S/c17-15-14(19-24(22,23)13-9-5-2-6-10-13)11-18-20(16(15)21)12-7-3-1-4-8-12/h1-11,21H/p-1. The molecule has 0 aliphatic carbocycles. The second kappa shape index (κ2) is 6.46. The Morgan fingerprint density at radius 1 is 1.00 bits per heavy atom. The smallest absolute Gasteiger partial charge is 0.282 e. The number of nitrogens with zero attached hydrogens (tertiary/aromatic N) is 3. The van der Waals surface area contributed by atoms with Gasteiger partial charge in [-0.25, -0.2) is 4.68 Å². The van der Waals surface area contributed by atoms with E-state index in [1.807, 2.05) is 0 Å². The van der Waals surface area contributed by atoms with Crippen LogP contribution in [-0.4, -0.2) is 18.2 Å². The molecule has 122 valence electrons. The van der Waals surface area contributed by atoms with E-state index in [1.165, 1.54) is 12.1 Å². The molecule has 0 bridgehead atoms. The van der Waals surface area contributed by atoms with Crippen molar-refractivity contribution in [2.24, 2.45) is 4.40 Å². The van der Waals surface area contributed by atoms with Crippen molar-refractivity contribution in [3.05, 3.63) is 77.2 Å². The molecule has 0 spiro atoms. The molecular weight excluding hydrogens is 350 g/mol. The summed E-state index contributed by atoms with van der Waals surface area (Å²) in [5, 5.41) is 15.8. The van der Waals surface area contributed by atoms with Crippen molar-refractivity contribution in [2.75, 3.05) is 0 Å². The van der Waals surface area contributed by atoms with E-state index in [2.05, 4.69) is 9.50 Å². The van der Waals surface area contributed by atoms with Gasteiger partial charge >= 0.3 is 0 Å². The average Bonchev–Trinajstić information content (AvgIpc) is 2.61. The fourth-order valence-corrected chi connectivity index (χ4v) is 3.24. The van der Waals surface area contributed by atoms with Crippen LogP contribution in [0.15, 0.2) is 76.2 Å². The fourth-order valence-electron chi connectivity index (χ4n) is 2.02. The summed E-state index contributed by atoms with van der Waals surface area (Å²) in [7, 11) is -3.98. The Hall–Kier alpha value is -2.64. The van der Waals surface area contributed by atoms with E-state index in [1.54, 1.807) is 48.5 Å². The molecule has 0 N–H and O–H groups in total. The Morgan fingerprint density at radius 2 is 1.58 bits per heavy atom. The fraction of sp³-hybridized carbons (Fsp3) is 0. The molecule has 0 unspecified atom stereocenters. The summed E-state index contributed by atoms with van der Waals surface area (Å²) >= 11 is 6.01. The summed E-state index contributed by atoms with van der Waals surface area (Å²) in [6, 6.07) is 16.3. The van der Waals surface area contributed by atoms with Crippen LogP contribution in [0.25, 0.3) is 5.69 Å². The largest absolute Gasteiger partial charge is 0.857 e. The molecule has 24 heavy (non-hydrogen) atoms. The number of hydrogen-bond donors (Lipinski definition) is 0. The Morgan fingerprint density at radius 3 is 2.21 bits per heavy atom. The molecule has 0 atom stereocenters. The van der Waals surface area contributed by atoms with Crippen molar-refractivity contribution >= 4 is 21.6 Å². The van der Waals surface area contributed by atoms with Crippen molar-refractivity contribution in [1.82, 2.24) is 9.78 Å². The summed E-state index contributed by atoms with van der Waals surface area (Å²) in [6.45, 7) is 0. The lowest BCUT2D eigenvalue weighted by atomic mass is 10.3. The van der Waals surface area contributed by atoms with Crippen molar-refractivity contribution in [2.45, 2.75) is 4.90 Å². The number of para-hydroxylation sites is 1. The molecular formula is C16H11ClN3O3S-. The highest BCUT2D eigenvalue weighted by Crippen LogP contribution is 2.19. The highest BCUT2D eigenvalue weighted by Gasteiger charge is 2.12. The first-order valence-corrected chi connectivity index (χ1v) is 8.67. The molecule has 0 saturated heterocycles. The Balaban J connectivity index is 2.13. The van der Waals surface area contributed by atoms with Gasteiger partial charge in [0, 0.05) is 5.88 Å². The van der Waals surface area contributed by atoms with E-state index < -0.39 is 15.9 Å². The van der Waals surface area contributed by atoms with Gasteiger partial charge in [0.05, 0.1) is 21.8 Å². The maximum absolute atomic E-state index is 12.3. The van der Waals surface area contributed by atoms with E-state index in [-0.39, 0.29) is 15.3 Å². The van der Waals surface area contributed by atoms with Crippen LogP contribution in [0, 0.1) is 0 Å². The SMILES string of the molecule is O=S(=O)(N=c1cnn(-c2ccccc2)c([O-])c1Cl)c1ccccc1. The Bertz CT molecular complexity index is 1030. The van der Waals surface area contributed by atoms with Gasteiger partial charge in [-0.1, -0.05) is 48.0 Å². The van der Waals surface area contributed by atoms with E-state index >= 15 is 0 Å². The second-order valence-electron chi connectivity index (χ2n) is 4.78. The Kier molecular flexibility index (Phi) is 4.37. The van der Waals surface area contributed by atoms with Crippen molar-refractivity contribution < 1.29 is 13.5 Å². The third-order valence-corrected chi connectivity index (χ3v) is 4.82. The molecule has 0 radical (unpaired) electrons. The van der Waals surface area contributed by atoms with Gasteiger partial charge in [0.1, 0.15) is 5.36 Å². The number of hydrogen-bond acceptors (Lipinski definition) is 4. The molecule has 8 heteroatoms. The van der Waals surface area contributed by atoms with E-state index in [0.29, 0.717) is 5.69 Å². The molecule has 0 saturated carbocycles. The molecule has 0 aliphatic heterocycles. The maximum Gasteiger partial charge on any atom is 0.282 e. The highest BCUT2D eigenvalue weighted by atomic mass is 35.5. The van der Waals surface area contributed by atoms with E-state index in [9.17, 15) is 13.5 Å². The van der Waals surface area contributed by atoms with Crippen molar-refractivity contribution in [3.8, 4) is 11.6 Å². The van der Waals surface area contributed by atoms with E-state index in [0.717, 1.165) is 10.9 Å². The molecule has 0 fully saturated rings. The summed E-state index contributed by atoms with van der Waals surface area (Å²) in [5.41, 5.74) is 0.516. The number of aromatic nitrogens is 2. The Labute approximate surface area is 143 Å². The van der Waals surface area contributed by atoms with Gasteiger partial charge in [-0.2, -0.15) is 17.9 Å². The minimum Gasteiger partial charge on any atom is -0.857 e. The third-order valence-electron chi connectivity index (χ3n) is 3.16. The molecule has 6 nitrogen and oxygen atoms in total. The van der Waals surface area contributed by atoms with Gasteiger partial charge in [-0.05, 0) is 24.3 Å². The topological polar surface area (TPSA) is 87.4 Å². The van der Waals surface area contributed by atoms with Crippen LogP contribution in [0.4, 0.5) is 0 Å².